The quantitative estimate of drug-likeness (QED) is 0.786. The smallest absolute Gasteiger partial charge is 0.471 e. The van der Waals surface area contributed by atoms with Crippen LogP contribution >= 0.6 is 0 Å². The number of carbonyl (C=O) groups excluding carboxylic acids is 1. The summed E-state index contributed by atoms with van der Waals surface area (Å²) in [4.78, 5) is 22.1. The molecule has 0 saturated heterocycles. The first-order chi connectivity index (χ1) is 9.23. The van der Waals surface area contributed by atoms with Crippen molar-refractivity contribution in [2.75, 3.05) is 0 Å². The average molecular weight is 293 g/mol. The zero-order chi connectivity index (χ0) is 15.3. The lowest BCUT2D eigenvalue weighted by atomic mass is 9.82. The van der Waals surface area contributed by atoms with Crippen LogP contribution in [0.3, 0.4) is 0 Å². The Labute approximate surface area is 115 Å². The molecule has 1 aliphatic carbocycles. The summed E-state index contributed by atoms with van der Waals surface area (Å²) in [5.41, 5.74) is 0.597. The topological polar surface area (TPSA) is 66.4 Å². The standard InChI is InChI=1S/C13H18F3NO3/c1-8-6-4-2-3-5-7-9(8)10(11(18)19)17-12(20)13(14,15)16/h9-10H,1-7H2,(H,17,20)(H,18,19)/t9-,10-/m1/s1. The van der Waals surface area contributed by atoms with Gasteiger partial charge >= 0.3 is 18.1 Å². The fourth-order valence-electron chi connectivity index (χ4n) is 2.42. The van der Waals surface area contributed by atoms with Gasteiger partial charge in [0.2, 0.25) is 0 Å². The molecule has 0 bridgehead atoms. The third kappa shape index (κ3) is 4.54. The number of carboxylic acid groups (broad SMARTS) is 1. The van der Waals surface area contributed by atoms with E-state index in [4.69, 9.17) is 5.11 Å². The van der Waals surface area contributed by atoms with Gasteiger partial charge in [-0.25, -0.2) is 4.79 Å². The second-order valence-corrected chi connectivity index (χ2v) is 5.00. The van der Waals surface area contributed by atoms with Crippen molar-refractivity contribution in [1.29, 1.82) is 0 Å². The highest BCUT2D eigenvalue weighted by Crippen LogP contribution is 2.29. The molecule has 7 heteroatoms. The van der Waals surface area contributed by atoms with Gasteiger partial charge in [0.15, 0.2) is 0 Å². The molecule has 0 radical (unpaired) electrons. The SMILES string of the molecule is C=C1CCCCCC[C@H]1[C@@H](NC(=O)C(F)(F)F)C(=O)O. The normalized spacial score (nSPS) is 22.6. The maximum Gasteiger partial charge on any atom is 0.471 e. The lowest BCUT2D eigenvalue weighted by Gasteiger charge is -2.28. The lowest BCUT2D eigenvalue weighted by Crippen LogP contribution is -2.50. The predicted octanol–water partition coefficient (Wildman–Crippen LogP) is 2.64. The third-order valence-corrected chi connectivity index (χ3v) is 3.50. The van der Waals surface area contributed by atoms with Crippen LogP contribution in [0.2, 0.25) is 0 Å². The molecule has 0 aromatic rings. The van der Waals surface area contributed by atoms with Gasteiger partial charge in [0.05, 0.1) is 0 Å². The molecule has 0 aromatic heterocycles. The number of aliphatic carboxylic acids is 1. The summed E-state index contributed by atoms with van der Waals surface area (Å²) in [5, 5.41) is 10.7. The van der Waals surface area contributed by atoms with Gasteiger partial charge in [-0.3, -0.25) is 4.79 Å². The number of hydrogen-bond acceptors (Lipinski definition) is 2. The Balaban J connectivity index is 2.85. The molecule has 114 valence electrons. The first kappa shape index (κ1) is 16.5. The highest BCUT2D eigenvalue weighted by atomic mass is 19.4. The van der Waals surface area contributed by atoms with Crippen molar-refractivity contribution in [2.45, 2.75) is 50.7 Å². The van der Waals surface area contributed by atoms with Crippen LogP contribution in [0.25, 0.3) is 0 Å². The van der Waals surface area contributed by atoms with Gasteiger partial charge in [0, 0.05) is 5.92 Å². The van der Waals surface area contributed by atoms with Gasteiger partial charge in [0.25, 0.3) is 0 Å². The first-order valence-corrected chi connectivity index (χ1v) is 6.51. The zero-order valence-electron chi connectivity index (χ0n) is 11.0. The molecular weight excluding hydrogens is 275 g/mol. The van der Waals surface area contributed by atoms with E-state index in [1.54, 1.807) is 5.32 Å². The zero-order valence-corrected chi connectivity index (χ0v) is 11.0. The largest absolute Gasteiger partial charge is 0.480 e. The summed E-state index contributed by atoms with van der Waals surface area (Å²) in [6.07, 6.45) is -0.618. The number of carbonyl (C=O) groups is 2. The molecule has 2 atom stereocenters. The molecule has 1 aliphatic rings. The van der Waals surface area contributed by atoms with Crippen LogP contribution in [0, 0.1) is 5.92 Å². The Kier molecular flexibility index (Phi) is 5.59. The molecule has 0 unspecified atom stereocenters. The number of amides is 1. The van der Waals surface area contributed by atoms with Gasteiger partial charge in [-0.05, 0) is 19.3 Å². The minimum absolute atomic E-state index is 0.425. The molecule has 0 aromatic carbocycles. The van der Waals surface area contributed by atoms with Crippen LogP contribution < -0.4 is 5.32 Å². The van der Waals surface area contributed by atoms with Gasteiger partial charge < -0.3 is 10.4 Å². The van der Waals surface area contributed by atoms with Crippen molar-refractivity contribution >= 4 is 11.9 Å². The summed E-state index contributed by atoms with van der Waals surface area (Å²) >= 11 is 0. The van der Waals surface area contributed by atoms with E-state index in [0.29, 0.717) is 18.4 Å². The van der Waals surface area contributed by atoms with E-state index in [9.17, 15) is 22.8 Å². The number of halogens is 3. The summed E-state index contributed by atoms with van der Waals surface area (Å²) in [6.45, 7) is 3.77. The molecule has 1 rings (SSSR count). The summed E-state index contributed by atoms with van der Waals surface area (Å²) in [5.74, 6) is -4.34. The Hall–Kier alpha value is -1.53. The minimum atomic E-state index is -5.09. The summed E-state index contributed by atoms with van der Waals surface area (Å²) in [7, 11) is 0. The number of rotatable bonds is 3. The van der Waals surface area contributed by atoms with E-state index in [2.05, 4.69) is 6.58 Å². The Bertz CT molecular complexity index is 393. The van der Waals surface area contributed by atoms with Crippen molar-refractivity contribution in [2.24, 2.45) is 5.92 Å². The van der Waals surface area contributed by atoms with Crippen LogP contribution in [-0.2, 0) is 9.59 Å². The van der Waals surface area contributed by atoms with Crippen LogP contribution in [0.5, 0.6) is 0 Å². The fraction of sp³-hybridized carbons (Fsp3) is 0.692. The van der Waals surface area contributed by atoms with E-state index in [1.165, 1.54) is 0 Å². The van der Waals surface area contributed by atoms with Crippen molar-refractivity contribution in [3.63, 3.8) is 0 Å². The highest BCUT2D eigenvalue weighted by molar-refractivity contribution is 5.87. The van der Waals surface area contributed by atoms with Gasteiger partial charge in [0.1, 0.15) is 6.04 Å². The molecule has 20 heavy (non-hydrogen) atoms. The van der Waals surface area contributed by atoms with Crippen molar-refractivity contribution in [3.8, 4) is 0 Å². The van der Waals surface area contributed by atoms with Crippen LogP contribution in [0.15, 0.2) is 12.2 Å². The van der Waals surface area contributed by atoms with Crippen LogP contribution in [0.1, 0.15) is 38.5 Å². The second-order valence-electron chi connectivity index (χ2n) is 5.00. The fourth-order valence-corrected chi connectivity index (χ4v) is 2.42. The first-order valence-electron chi connectivity index (χ1n) is 6.51. The average Bonchev–Trinajstić information content (AvgIpc) is 2.30. The second kappa shape index (κ2) is 6.76. The molecule has 2 N–H and O–H groups in total. The molecule has 1 amide bonds. The van der Waals surface area contributed by atoms with E-state index in [0.717, 1.165) is 25.7 Å². The van der Waals surface area contributed by atoms with Crippen LogP contribution in [-0.4, -0.2) is 29.2 Å². The van der Waals surface area contributed by atoms with Crippen LogP contribution in [0.4, 0.5) is 13.2 Å². The summed E-state index contributed by atoms with van der Waals surface area (Å²) in [6, 6.07) is -1.57. The number of hydrogen-bond donors (Lipinski definition) is 2. The van der Waals surface area contributed by atoms with Gasteiger partial charge in [-0.1, -0.05) is 31.4 Å². The third-order valence-electron chi connectivity index (χ3n) is 3.50. The molecule has 4 nitrogen and oxygen atoms in total. The minimum Gasteiger partial charge on any atom is -0.480 e. The molecule has 0 spiro atoms. The van der Waals surface area contributed by atoms with Gasteiger partial charge in [-0.2, -0.15) is 13.2 Å². The lowest BCUT2D eigenvalue weighted by molar-refractivity contribution is -0.176. The predicted molar refractivity (Wildman–Crippen MR) is 66.0 cm³/mol. The Morgan fingerprint density at radius 3 is 2.40 bits per heavy atom. The van der Waals surface area contributed by atoms with Gasteiger partial charge in [-0.15, -0.1) is 0 Å². The maximum absolute atomic E-state index is 12.3. The number of carboxylic acids is 1. The molecule has 0 heterocycles. The maximum atomic E-state index is 12.3. The van der Waals surface area contributed by atoms with E-state index < -0.39 is 30.0 Å². The molecule has 0 aliphatic heterocycles. The van der Waals surface area contributed by atoms with Crippen molar-refractivity contribution in [1.82, 2.24) is 5.32 Å². The van der Waals surface area contributed by atoms with E-state index >= 15 is 0 Å². The molecular formula is C13H18F3NO3. The van der Waals surface area contributed by atoms with E-state index in [-0.39, 0.29) is 0 Å². The monoisotopic (exact) mass is 293 g/mol. The molecule has 1 saturated carbocycles. The number of nitrogens with one attached hydrogen (secondary N) is 1. The molecule has 1 fully saturated rings. The summed E-state index contributed by atoms with van der Waals surface area (Å²) < 4.78 is 36.8. The van der Waals surface area contributed by atoms with Crippen molar-refractivity contribution in [3.05, 3.63) is 12.2 Å². The van der Waals surface area contributed by atoms with Crippen molar-refractivity contribution < 1.29 is 27.9 Å². The Morgan fingerprint density at radius 2 is 1.85 bits per heavy atom. The van der Waals surface area contributed by atoms with E-state index in [1.807, 2.05) is 0 Å². The highest BCUT2D eigenvalue weighted by Gasteiger charge is 2.42. The number of alkyl halides is 3. The Morgan fingerprint density at radius 1 is 1.25 bits per heavy atom.